The number of ketones is 9. The zero-order valence-corrected chi connectivity index (χ0v) is 89.2. The zero-order chi connectivity index (χ0) is 102. The van der Waals surface area contributed by atoms with Gasteiger partial charge < -0.3 is 28.8 Å². The highest BCUT2D eigenvalue weighted by Gasteiger charge is 2.75. The first-order chi connectivity index (χ1) is 69.7. The molecular weight excluding hydrogens is 1830 g/mol. The lowest BCUT2D eigenvalue weighted by Crippen LogP contribution is -2.56. The molecule has 0 bridgehead atoms. The van der Waals surface area contributed by atoms with Crippen molar-refractivity contribution < 1.29 is 81.5 Å². The van der Waals surface area contributed by atoms with Crippen molar-refractivity contribution in [1.29, 1.82) is 0 Å². The quantitative estimate of drug-likeness (QED) is 0.148. The molecule has 0 amide bonds. The number of hydrogen-bond donors (Lipinski definition) is 1. The number of ether oxygens (including phenoxy) is 5. The topological polar surface area (TPSA) is 254 Å². The summed E-state index contributed by atoms with van der Waals surface area (Å²) in [5.41, 5.74) is 14.5. The van der Waals surface area contributed by atoms with Crippen LogP contribution in [0.1, 0.15) is 406 Å². The fourth-order valence-corrected chi connectivity index (χ4v) is 41.5. The Kier molecular flexibility index (Phi) is 24.5. The molecule has 17 heteroatoms. The Bertz CT molecular complexity index is 6370. The number of hydrogen-bond acceptors (Lipinski definition) is 17. The molecule has 0 radical (unpaired) electrons. The van der Waals surface area contributed by atoms with Gasteiger partial charge in [-0.1, -0.05) is 117 Å². The van der Waals surface area contributed by atoms with Crippen molar-refractivity contribution in [3.8, 4) is 23.0 Å². The molecule has 17 nitrogen and oxygen atoms in total. The van der Waals surface area contributed by atoms with Gasteiger partial charge in [-0.05, 0) is 439 Å². The summed E-state index contributed by atoms with van der Waals surface area (Å²) in [6.07, 6.45) is 51.5. The Morgan fingerprint density at radius 2 is 0.789 bits per heavy atom. The summed E-state index contributed by atoms with van der Waals surface area (Å²) in [5, 5.41) is 9.83. The molecule has 784 valence electrons. The average molecular weight is 2000 g/mol. The molecule has 4 aromatic carbocycles. The second kappa shape index (κ2) is 35.5. The van der Waals surface area contributed by atoms with Gasteiger partial charge in [0.05, 0.1) is 32.2 Å². The molecule has 5 spiro atoms. The van der Waals surface area contributed by atoms with Gasteiger partial charge in [-0.2, -0.15) is 0 Å². The van der Waals surface area contributed by atoms with E-state index in [9.17, 15) is 57.8 Å². The van der Waals surface area contributed by atoms with E-state index in [1.807, 2.05) is 6.07 Å². The molecule has 29 rings (SSSR count). The van der Waals surface area contributed by atoms with Gasteiger partial charge in [0, 0.05) is 109 Å². The number of Topliss-reactive ketones (excluding diaryl/α,β-unsaturated/α-hetero) is 7. The average Bonchev–Trinajstić information content (AvgIpc) is 1.51. The minimum absolute atomic E-state index is 0. The number of rotatable bonds is 3. The molecule has 2 aliphatic heterocycles. The predicted molar refractivity (Wildman–Crippen MR) is 563 cm³/mol. The first-order valence-electron chi connectivity index (χ1n) is 57.6. The molecule has 147 heavy (non-hydrogen) atoms. The molecular formula is C130H162O17. The number of allylic oxidation sites excluding steroid dienone is 7. The maximum Gasteiger partial charge on any atom is 0.306 e. The standard InChI is InChI=1S/C22H28O4.C22H26O3.C22H28O3.C22H26O3.C22H26O2.C19H24O2.CH4/c1-20-7-3-13(23)11-17(20)18(24)12-14-15(20)4-8-21(2)16(14)5-9-22(21)10-6-19(25)26-22;1-20-7-4-16-14-12-18(24)17-11-13(23)3-9-21(17,2)15(14)5-10-22(16,20)19(25)6-8-20;1-21-10-7-17-16-6-4-15(24-2)13-14(16)3-5-18(17)19(21)8-11-22(21)12-9-20(23)25-22;1-20-7-5-16-17-12-18(24)14-11-13(23)3-4-15(14)21(17,2)9-10-22(16,20)19(25)6-8-20;1-21-10-8-19-18-5-3-14-13-15(24-2)4-6-16(14)17(18)7-12-22(19,21)20(23)9-11-21;1-19-10-9-15-14-6-4-13(21-2)11-12(14)3-5-16(15)17(19)7-8-18(19)20;/h11,14-16H,3-10,12H2,1-2H3;4,11,14-15H,3,5-10,12H2,1-2H3;4,6,13,17-19H,3,5,7-12H2,1-2H3;3-4,11,16-17,23H,5-10,12H2,1-2H3;4,6,8,13,17-18H,3,5,7,9-12H2,1-2H3;4,6,11,15-17H,3,5,7-10H2,1-2H3;1H4/t14?,15?,16?,20-,21+,22-;14?,15?,20-,21+,22+;17?,18?,19?,21-,22+;16?,17?,20-,21+,22+;17?,18?,21-,22+;15?,16?,17?,19-;/m100000./s1. The SMILES string of the molecule is C.COc1ccc2c(c1)CCC1C2CC[C@@]2(C)C1CC[C@@]21CCC(=O)O1.COc1ccc2c(c1)CCC1C2CC[C@]2(C)C(=O)CCC12.COc1ccc2c(c1)CCC1C3=CC[C@@]4(C)CCC(=O)[C@@]34CCC21.C[C@@]12CC=C3C4CC(=O)C5=CC(=O)CC[C@]5(C)C4CC[C@]31C(=O)CC2.C[C@]12CCC(=O)C=C1C(=O)CC1C2CC[C@@]2(C)C1CC[C@@]21CCC(=O)O1.C[C@]12CCC(=O)[C@]13CC[C@]1(C)c4ccc(O)cc4C(=O)CC1C3CC2. The lowest BCUT2D eigenvalue weighted by atomic mass is 9.46. The van der Waals surface area contributed by atoms with Gasteiger partial charge in [-0.15, -0.1) is 0 Å². The third kappa shape index (κ3) is 14.4. The number of esters is 2. The van der Waals surface area contributed by atoms with Crippen LogP contribution in [0, 0.1) is 131 Å². The van der Waals surface area contributed by atoms with E-state index in [-0.39, 0.29) is 142 Å². The Morgan fingerprint density at radius 1 is 0.320 bits per heavy atom. The van der Waals surface area contributed by atoms with Gasteiger partial charge in [-0.25, -0.2) is 0 Å². The molecule has 15 saturated carbocycles. The summed E-state index contributed by atoms with van der Waals surface area (Å²) in [6, 6.07) is 25.2. The van der Waals surface area contributed by atoms with Crippen LogP contribution in [0.25, 0.3) is 0 Å². The van der Waals surface area contributed by atoms with E-state index < -0.39 is 0 Å². The lowest BCUT2D eigenvalue weighted by molar-refractivity contribution is -0.169. The van der Waals surface area contributed by atoms with E-state index in [2.05, 4.69) is 129 Å². The van der Waals surface area contributed by atoms with E-state index in [0.29, 0.717) is 145 Å². The van der Waals surface area contributed by atoms with Gasteiger partial charge in [0.25, 0.3) is 0 Å². The van der Waals surface area contributed by atoms with Crippen LogP contribution in [0.15, 0.2) is 119 Å². The fourth-order valence-electron chi connectivity index (χ4n) is 41.5. The number of phenols is 1. The molecule has 29 atom stereocenters. The zero-order valence-electron chi connectivity index (χ0n) is 89.2. The second-order valence-corrected chi connectivity index (χ2v) is 53.9. The molecule has 25 aliphatic rings. The summed E-state index contributed by atoms with van der Waals surface area (Å²) in [5.74, 6) is 13.6. The van der Waals surface area contributed by atoms with Crippen LogP contribution in [0.5, 0.6) is 23.0 Å². The van der Waals surface area contributed by atoms with E-state index in [1.54, 1.807) is 51.2 Å². The molecule has 4 aromatic rings. The van der Waals surface area contributed by atoms with Crippen LogP contribution in [0.3, 0.4) is 0 Å². The van der Waals surface area contributed by atoms with Crippen LogP contribution in [-0.2, 0) is 82.1 Å². The van der Waals surface area contributed by atoms with Crippen LogP contribution >= 0.6 is 0 Å². The number of aryl methyl sites for hydroxylation is 3. The number of aromatic hydroxyl groups is 1. The molecule has 1 N–H and O–H groups in total. The summed E-state index contributed by atoms with van der Waals surface area (Å²) in [6.45, 7) is 20.7. The number of methoxy groups -OCH3 is 3. The van der Waals surface area contributed by atoms with Crippen LogP contribution in [0.2, 0.25) is 0 Å². The number of carbonyl (C=O) groups is 11. The largest absolute Gasteiger partial charge is 0.508 e. The Balaban J connectivity index is 0.0000000971. The van der Waals surface area contributed by atoms with Gasteiger partial charge >= 0.3 is 11.9 Å². The fraction of sp³-hybridized carbons (Fsp3) is 0.669. The second-order valence-electron chi connectivity index (χ2n) is 53.9. The number of benzene rings is 4. The molecule has 2 heterocycles. The highest BCUT2D eigenvalue weighted by atomic mass is 16.6. The van der Waals surface area contributed by atoms with E-state index in [1.165, 1.54) is 90.3 Å². The molecule has 15 unspecified atom stereocenters. The van der Waals surface area contributed by atoms with Crippen molar-refractivity contribution in [1.82, 2.24) is 0 Å². The van der Waals surface area contributed by atoms with Gasteiger partial charge in [0.15, 0.2) is 28.9 Å². The maximum atomic E-state index is 13.0. The van der Waals surface area contributed by atoms with Crippen LogP contribution in [0.4, 0.5) is 0 Å². The van der Waals surface area contributed by atoms with E-state index in [0.717, 1.165) is 232 Å². The Hall–Kier alpha value is -8.99. The molecule has 0 aromatic heterocycles. The molecule has 17 fully saturated rings. The van der Waals surface area contributed by atoms with Crippen LogP contribution < -0.4 is 14.2 Å². The lowest BCUT2D eigenvalue weighted by Gasteiger charge is -2.58. The maximum absolute atomic E-state index is 13.0. The first kappa shape index (κ1) is 101. The van der Waals surface area contributed by atoms with E-state index in [4.69, 9.17) is 23.7 Å². The minimum atomic E-state index is -0.289. The monoisotopic (exact) mass is 2000 g/mol. The van der Waals surface area contributed by atoms with Crippen molar-refractivity contribution >= 4 is 64.0 Å². The summed E-state index contributed by atoms with van der Waals surface area (Å²) < 4.78 is 28.2. The summed E-state index contributed by atoms with van der Waals surface area (Å²) in [4.78, 5) is 138. The first-order valence-corrected chi connectivity index (χ1v) is 57.6. The number of carbonyl (C=O) groups excluding carboxylic acids is 11. The van der Waals surface area contributed by atoms with E-state index >= 15 is 0 Å². The summed E-state index contributed by atoms with van der Waals surface area (Å²) in [7, 11) is 5.23. The Labute approximate surface area is 872 Å². The van der Waals surface area contributed by atoms with Crippen molar-refractivity contribution in [3.05, 3.63) is 164 Å². The van der Waals surface area contributed by atoms with Crippen molar-refractivity contribution in [2.45, 2.75) is 393 Å². The summed E-state index contributed by atoms with van der Waals surface area (Å²) >= 11 is 0. The third-order valence-corrected chi connectivity index (χ3v) is 49.4. The minimum Gasteiger partial charge on any atom is -0.508 e. The van der Waals surface area contributed by atoms with Gasteiger partial charge in [0.2, 0.25) is 0 Å². The Morgan fingerprint density at radius 3 is 1.35 bits per heavy atom. The smallest absolute Gasteiger partial charge is 0.306 e. The molecule has 23 aliphatic carbocycles. The highest BCUT2D eigenvalue weighted by Crippen LogP contribution is 2.78. The van der Waals surface area contributed by atoms with Gasteiger partial charge in [-0.3, -0.25) is 52.7 Å². The third-order valence-electron chi connectivity index (χ3n) is 49.4. The number of phenolic OH excluding ortho intramolecular Hbond substituents is 1. The number of fused-ring (bicyclic) bond motifs is 29. The van der Waals surface area contributed by atoms with Crippen molar-refractivity contribution in [3.63, 3.8) is 0 Å². The van der Waals surface area contributed by atoms with Crippen LogP contribution in [-0.4, -0.2) is 102 Å². The normalized spacial score (nSPS) is 43.7. The molecule has 2 saturated heterocycles. The van der Waals surface area contributed by atoms with Gasteiger partial charge in [0.1, 0.15) is 57.3 Å². The van der Waals surface area contributed by atoms with Crippen molar-refractivity contribution in [2.75, 3.05) is 21.3 Å². The predicted octanol–water partition coefficient (Wildman–Crippen LogP) is 26.4. The highest BCUT2D eigenvalue weighted by molar-refractivity contribution is 6.08. The van der Waals surface area contributed by atoms with Crippen molar-refractivity contribution in [2.24, 2.45) is 131 Å².